The van der Waals surface area contributed by atoms with Crippen molar-refractivity contribution in [2.24, 2.45) is 5.92 Å². The molecule has 2 rings (SSSR count). The van der Waals surface area contributed by atoms with Crippen molar-refractivity contribution < 1.29 is 9.90 Å². The van der Waals surface area contributed by atoms with Crippen LogP contribution in [0.15, 0.2) is 24.4 Å². The topological polar surface area (TPSA) is 53.1 Å². The lowest BCUT2D eigenvalue weighted by atomic mass is 9.85. The normalized spacial score (nSPS) is 13.1. The number of H-pyrrole nitrogens is 1. The molecule has 4 heteroatoms. The summed E-state index contributed by atoms with van der Waals surface area (Å²) in [4.78, 5) is 14.1. The molecule has 18 heavy (non-hydrogen) atoms. The lowest BCUT2D eigenvalue weighted by molar-refractivity contribution is -0.137. The molecule has 2 N–H and O–H groups in total. The van der Waals surface area contributed by atoms with Crippen molar-refractivity contribution >= 4 is 28.5 Å². The first-order chi connectivity index (χ1) is 8.50. The van der Waals surface area contributed by atoms with Crippen LogP contribution < -0.4 is 0 Å². The summed E-state index contributed by atoms with van der Waals surface area (Å²) in [5.74, 6) is -0.515. The molecule has 0 spiro atoms. The summed E-state index contributed by atoms with van der Waals surface area (Å²) >= 11 is 6.11. The van der Waals surface area contributed by atoms with Gasteiger partial charge in [0.2, 0.25) is 0 Å². The Labute approximate surface area is 111 Å². The molecule has 0 bridgehead atoms. The summed E-state index contributed by atoms with van der Waals surface area (Å²) < 4.78 is 0. The van der Waals surface area contributed by atoms with Gasteiger partial charge in [-0.2, -0.15) is 0 Å². The molecule has 0 aliphatic rings. The standard InChI is InChI=1S/C14H16ClNO2/c1-8(2)10(6-13(17)18)11-7-16-14-9(11)4-3-5-12(14)15/h3-5,7-8,10,16H,6H2,1-2H3,(H,17,18). The molecule has 1 atom stereocenters. The van der Waals surface area contributed by atoms with Crippen LogP contribution in [0.2, 0.25) is 5.02 Å². The van der Waals surface area contributed by atoms with Gasteiger partial charge in [-0.05, 0) is 23.5 Å². The number of fused-ring (bicyclic) bond motifs is 1. The van der Waals surface area contributed by atoms with Gasteiger partial charge in [0, 0.05) is 11.6 Å². The van der Waals surface area contributed by atoms with E-state index < -0.39 is 5.97 Å². The summed E-state index contributed by atoms with van der Waals surface area (Å²) in [5, 5.41) is 10.7. The van der Waals surface area contributed by atoms with Crippen molar-refractivity contribution in [3.63, 3.8) is 0 Å². The zero-order chi connectivity index (χ0) is 13.3. The van der Waals surface area contributed by atoms with Gasteiger partial charge in [0.15, 0.2) is 0 Å². The molecule has 0 saturated heterocycles. The van der Waals surface area contributed by atoms with Crippen LogP contribution in [0.5, 0.6) is 0 Å². The van der Waals surface area contributed by atoms with Crippen molar-refractivity contribution in [3.05, 3.63) is 35.0 Å². The number of benzene rings is 1. The third kappa shape index (κ3) is 2.36. The fourth-order valence-corrected chi connectivity index (χ4v) is 2.57. The number of halogens is 1. The summed E-state index contributed by atoms with van der Waals surface area (Å²) in [5.41, 5.74) is 1.91. The van der Waals surface area contributed by atoms with E-state index in [2.05, 4.69) is 4.98 Å². The number of rotatable bonds is 4. The fourth-order valence-electron chi connectivity index (χ4n) is 2.34. The van der Waals surface area contributed by atoms with Gasteiger partial charge >= 0.3 is 5.97 Å². The Morgan fingerprint density at radius 2 is 2.17 bits per heavy atom. The molecule has 1 aromatic carbocycles. The molecule has 0 saturated carbocycles. The second kappa shape index (κ2) is 5.02. The first kappa shape index (κ1) is 13.0. The van der Waals surface area contributed by atoms with Crippen LogP contribution in [0.4, 0.5) is 0 Å². The zero-order valence-corrected chi connectivity index (χ0v) is 11.2. The highest BCUT2D eigenvalue weighted by Gasteiger charge is 2.22. The third-order valence-electron chi connectivity index (χ3n) is 3.30. The van der Waals surface area contributed by atoms with Crippen LogP contribution in [-0.4, -0.2) is 16.1 Å². The molecule has 96 valence electrons. The Bertz CT molecular complexity index is 574. The average molecular weight is 266 g/mol. The van der Waals surface area contributed by atoms with Gasteiger partial charge in [-0.1, -0.05) is 37.6 Å². The van der Waals surface area contributed by atoms with Crippen molar-refractivity contribution in [2.75, 3.05) is 0 Å². The molecule has 0 fully saturated rings. The van der Waals surface area contributed by atoms with Crippen molar-refractivity contribution in [3.8, 4) is 0 Å². The van der Waals surface area contributed by atoms with E-state index in [1.54, 1.807) is 0 Å². The number of nitrogens with one attached hydrogen (secondary N) is 1. The fraction of sp³-hybridized carbons (Fsp3) is 0.357. The lowest BCUT2D eigenvalue weighted by Crippen LogP contribution is -2.11. The predicted octanol–water partition coefficient (Wildman–Crippen LogP) is 4.04. The highest BCUT2D eigenvalue weighted by molar-refractivity contribution is 6.35. The summed E-state index contributed by atoms with van der Waals surface area (Å²) in [6, 6.07) is 5.69. The largest absolute Gasteiger partial charge is 0.481 e. The molecule has 0 aliphatic carbocycles. The Balaban J connectivity index is 2.51. The quantitative estimate of drug-likeness (QED) is 0.877. The number of carboxylic acids is 1. The van der Waals surface area contributed by atoms with Gasteiger partial charge in [0.1, 0.15) is 0 Å². The molecule has 1 unspecified atom stereocenters. The highest BCUT2D eigenvalue weighted by atomic mass is 35.5. The van der Waals surface area contributed by atoms with E-state index in [-0.39, 0.29) is 18.3 Å². The van der Waals surface area contributed by atoms with E-state index in [4.69, 9.17) is 16.7 Å². The first-order valence-corrected chi connectivity index (χ1v) is 6.35. The van der Waals surface area contributed by atoms with E-state index in [1.807, 2.05) is 38.2 Å². The number of aromatic amines is 1. The van der Waals surface area contributed by atoms with E-state index in [0.717, 1.165) is 16.5 Å². The van der Waals surface area contributed by atoms with Gasteiger partial charge in [-0.15, -0.1) is 0 Å². The number of carboxylic acid groups (broad SMARTS) is 1. The number of hydrogen-bond donors (Lipinski definition) is 2. The summed E-state index contributed by atoms with van der Waals surface area (Å²) in [6.07, 6.45) is 2.02. The first-order valence-electron chi connectivity index (χ1n) is 5.98. The molecule has 1 aromatic heterocycles. The second-order valence-corrected chi connectivity index (χ2v) is 5.26. The monoisotopic (exact) mass is 265 g/mol. The molecular weight excluding hydrogens is 250 g/mol. The number of para-hydroxylation sites is 1. The molecule has 0 radical (unpaired) electrons. The van der Waals surface area contributed by atoms with Crippen molar-refractivity contribution in [1.29, 1.82) is 0 Å². The minimum absolute atomic E-state index is 0.00489. The SMILES string of the molecule is CC(C)C(CC(=O)O)c1c[nH]c2c(Cl)cccc12. The summed E-state index contributed by atoms with van der Waals surface area (Å²) in [7, 11) is 0. The van der Waals surface area contributed by atoms with Crippen LogP contribution >= 0.6 is 11.6 Å². The van der Waals surface area contributed by atoms with Crippen LogP contribution in [-0.2, 0) is 4.79 Å². The van der Waals surface area contributed by atoms with Crippen LogP contribution in [0.1, 0.15) is 31.7 Å². The predicted molar refractivity (Wildman–Crippen MR) is 73.1 cm³/mol. The van der Waals surface area contributed by atoms with Gasteiger partial charge in [0.05, 0.1) is 17.0 Å². The number of aromatic nitrogens is 1. The molecule has 2 aromatic rings. The van der Waals surface area contributed by atoms with Crippen LogP contribution in [0, 0.1) is 5.92 Å². The van der Waals surface area contributed by atoms with Crippen LogP contribution in [0.25, 0.3) is 10.9 Å². The minimum atomic E-state index is -0.773. The Morgan fingerprint density at radius 3 is 2.78 bits per heavy atom. The number of aliphatic carboxylic acids is 1. The maximum atomic E-state index is 11.0. The van der Waals surface area contributed by atoms with Crippen molar-refractivity contribution in [2.45, 2.75) is 26.2 Å². The number of carbonyl (C=O) groups is 1. The second-order valence-electron chi connectivity index (χ2n) is 4.85. The van der Waals surface area contributed by atoms with Gasteiger partial charge in [0.25, 0.3) is 0 Å². The molecule has 1 heterocycles. The molecular formula is C14H16ClNO2. The highest BCUT2D eigenvalue weighted by Crippen LogP contribution is 2.35. The van der Waals surface area contributed by atoms with E-state index in [0.29, 0.717) is 5.02 Å². The maximum absolute atomic E-state index is 11.0. The summed E-state index contributed by atoms with van der Waals surface area (Å²) in [6.45, 7) is 4.08. The third-order valence-corrected chi connectivity index (χ3v) is 3.61. The average Bonchev–Trinajstić information content (AvgIpc) is 2.70. The van der Waals surface area contributed by atoms with E-state index in [1.165, 1.54) is 0 Å². The Hall–Kier alpha value is -1.48. The zero-order valence-electron chi connectivity index (χ0n) is 10.4. The lowest BCUT2D eigenvalue weighted by Gasteiger charge is -2.18. The maximum Gasteiger partial charge on any atom is 0.303 e. The Kier molecular flexibility index (Phi) is 3.62. The van der Waals surface area contributed by atoms with E-state index in [9.17, 15) is 4.79 Å². The van der Waals surface area contributed by atoms with Gasteiger partial charge in [-0.3, -0.25) is 4.79 Å². The van der Waals surface area contributed by atoms with E-state index >= 15 is 0 Å². The minimum Gasteiger partial charge on any atom is -0.481 e. The molecule has 3 nitrogen and oxygen atoms in total. The molecule has 0 aliphatic heterocycles. The number of hydrogen-bond acceptors (Lipinski definition) is 1. The van der Waals surface area contributed by atoms with Gasteiger partial charge in [-0.25, -0.2) is 0 Å². The van der Waals surface area contributed by atoms with Gasteiger partial charge < -0.3 is 10.1 Å². The molecule has 0 amide bonds. The van der Waals surface area contributed by atoms with Crippen molar-refractivity contribution in [1.82, 2.24) is 4.98 Å². The van der Waals surface area contributed by atoms with Crippen LogP contribution in [0.3, 0.4) is 0 Å². The smallest absolute Gasteiger partial charge is 0.303 e. The Morgan fingerprint density at radius 1 is 1.44 bits per heavy atom.